The first-order chi connectivity index (χ1) is 12.7. The van der Waals surface area contributed by atoms with E-state index >= 15 is 0 Å². The largest absolute Gasteiger partial charge is 0.360 e. The number of nitriles is 1. The Balaban J connectivity index is 2.16. The number of hydrogen-bond acceptors (Lipinski definition) is 7. The third-order valence-corrected chi connectivity index (χ3v) is 4.12. The minimum absolute atomic E-state index is 0.0637. The van der Waals surface area contributed by atoms with Gasteiger partial charge in [0.1, 0.15) is 17.3 Å². The lowest BCUT2D eigenvalue weighted by atomic mass is 10.2. The van der Waals surface area contributed by atoms with E-state index in [-0.39, 0.29) is 21.8 Å². The van der Waals surface area contributed by atoms with Crippen LogP contribution in [0.15, 0.2) is 65.2 Å². The molecule has 2 aromatic rings. The number of anilines is 2. The Hall–Kier alpha value is -3.75. The Labute approximate surface area is 153 Å². The van der Waals surface area contributed by atoms with Crippen molar-refractivity contribution in [3.63, 3.8) is 0 Å². The molecule has 0 aromatic heterocycles. The zero-order valence-corrected chi connectivity index (χ0v) is 14.3. The van der Waals surface area contributed by atoms with Crippen LogP contribution in [0.4, 0.5) is 17.1 Å². The van der Waals surface area contributed by atoms with E-state index in [0.29, 0.717) is 5.69 Å². The molecule has 0 radical (unpaired) electrons. The Bertz CT molecular complexity index is 1060. The van der Waals surface area contributed by atoms with Crippen LogP contribution in [-0.4, -0.2) is 23.8 Å². The summed E-state index contributed by atoms with van der Waals surface area (Å²) in [4.78, 5) is 22.1. The first kappa shape index (κ1) is 19.6. The third kappa shape index (κ3) is 5.11. The summed E-state index contributed by atoms with van der Waals surface area (Å²) in [6.45, 7) is 0. The van der Waals surface area contributed by atoms with Crippen LogP contribution in [0.3, 0.4) is 0 Å². The Morgan fingerprint density at radius 3 is 2.37 bits per heavy atom. The van der Waals surface area contributed by atoms with Gasteiger partial charge in [0.15, 0.2) is 0 Å². The molecule has 11 heteroatoms. The van der Waals surface area contributed by atoms with Crippen LogP contribution in [0.25, 0.3) is 0 Å². The molecule has 2 rings (SSSR count). The number of carbonyl (C=O) groups excluding carboxylic acids is 1. The number of nitro groups is 1. The molecule has 0 aliphatic rings. The van der Waals surface area contributed by atoms with Crippen LogP contribution in [-0.2, 0) is 14.9 Å². The predicted molar refractivity (Wildman–Crippen MR) is 95.3 cm³/mol. The predicted octanol–water partition coefficient (Wildman–Crippen LogP) is 2.30. The molecule has 3 N–H and O–H groups in total. The van der Waals surface area contributed by atoms with Crippen molar-refractivity contribution in [3.05, 3.63) is 70.4 Å². The summed E-state index contributed by atoms with van der Waals surface area (Å²) in [5, 5.41) is 25.0. The van der Waals surface area contributed by atoms with Gasteiger partial charge in [-0.15, -0.1) is 0 Å². The van der Waals surface area contributed by atoms with Crippen molar-refractivity contribution in [2.75, 3.05) is 10.6 Å². The van der Waals surface area contributed by atoms with Crippen LogP contribution >= 0.6 is 0 Å². The van der Waals surface area contributed by atoms with Crippen molar-refractivity contribution in [2.24, 2.45) is 0 Å². The van der Waals surface area contributed by atoms with Gasteiger partial charge in [-0.2, -0.15) is 13.7 Å². The number of amides is 1. The van der Waals surface area contributed by atoms with Gasteiger partial charge in [-0.1, -0.05) is 12.1 Å². The number of para-hydroxylation sites is 2. The maximum atomic E-state index is 12.1. The summed E-state index contributed by atoms with van der Waals surface area (Å²) in [7, 11) is -4.33. The molecule has 0 spiro atoms. The summed E-state index contributed by atoms with van der Waals surface area (Å²) in [5.74, 6) is -0.867. The molecule has 2 aromatic carbocycles. The Morgan fingerprint density at radius 2 is 1.81 bits per heavy atom. The van der Waals surface area contributed by atoms with Crippen molar-refractivity contribution in [2.45, 2.75) is 4.90 Å². The summed E-state index contributed by atoms with van der Waals surface area (Å²) in [6, 6.07) is 12.0. The monoisotopic (exact) mass is 388 g/mol. The summed E-state index contributed by atoms with van der Waals surface area (Å²) >= 11 is 0. The maximum absolute atomic E-state index is 12.1. The topological polar surface area (TPSA) is 162 Å². The lowest BCUT2D eigenvalue weighted by Gasteiger charge is -2.06. The molecule has 0 bridgehead atoms. The van der Waals surface area contributed by atoms with Gasteiger partial charge in [0.05, 0.1) is 9.82 Å². The molecule has 0 unspecified atom stereocenters. The average Bonchev–Trinajstić information content (AvgIpc) is 2.62. The molecular formula is C16H12N4O6S. The lowest BCUT2D eigenvalue weighted by molar-refractivity contribution is -0.383. The molecule has 10 nitrogen and oxygen atoms in total. The first-order valence-corrected chi connectivity index (χ1v) is 8.65. The highest BCUT2D eigenvalue weighted by molar-refractivity contribution is 7.85. The first-order valence-electron chi connectivity index (χ1n) is 7.21. The van der Waals surface area contributed by atoms with Gasteiger partial charge >= 0.3 is 0 Å². The molecule has 1 amide bonds. The Morgan fingerprint density at radius 1 is 1.19 bits per heavy atom. The van der Waals surface area contributed by atoms with Crippen LogP contribution in [0.5, 0.6) is 0 Å². The van der Waals surface area contributed by atoms with E-state index in [9.17, 15) is 23.3 Å². The van der Waals surface area contributed by atoms with Gasteiger partial charge in [0, 0.05) is 18.0 Å². The number of nitrogens with zero attached hydrogens (tertiary/aromatic N) is 2. The quantitative estimate of drug-likeness (QED) is 0.223. The van der Waals surface area contributed by atoms with E-state index in [1.807, 2.05) is 0 Å². The van der Waals surface area contributed by atoms with Crippen LogP contribution in [0, 0.1) is 21.4 Å². The smallest absolute Gasteiger partial charge is 0.294 e. The van der Waals surface area contributed by atoms with Crippen molar-refractivity contribution < 1.29 is 22.7 Å². The highest BCUT2D eigenvalue weighted by Crippen LogP contribution is 2.23. The highest BCUT2D eigenvalue weighted by atomic mass is 32.2. The SMILES string of the molecule is N#C/C(=C/Nc1ccc(S(=O)(=O)O)cc1)C(=O)Nc1ccccc1[N+](=O)[O-]. The minimum atomic E-state index is -4.33. The van der Waals surface area contributed by atoms with E-state index in [0.717, 1.165) is 18.3 Å². The van der Waals surface area contributed by atoms with E-state index in [2.05, 4.69) is 10.6 Å². The molecule has 0 fully saturated rings. The zero-order chi connectivity index (χ0) is 20.0. The van der Waals surface area contributed by atoms with Crippen molar-refractivity contribution in [1.29, 1.82) is 5.26 Å². The van der Waals surface area contributed by atoms with Crippen LogP contribution in [0.1, 0.15) is 0 Å². The zero-order valence-electron chi connectivity index (χ0n) is 13.5. The standard InChI is InChI=1S/C16H12N4O6S/c17-9-11(10-18-12-5-7-13(8-6-12)27(24,25)26)16(21)19-14-3-1-2-4-15(14)20(22)23/h1-8,10,18H,(H,19,21)(H,24,25,26)/b11-10-. The Kier molecular flexibility index (Phi) is 5.86. The van der Waals surface area contributed by atoms with Crippen molar-refractivity contribution in [1.82, 2.24) is 0 Å². The number of rotatable bonds is 6. The maximum Gasteiger partial charge on any atom is 0.294 e. The van der Waals surface area contributed by atoms with Gasteiger partial charge in [0.25, 0.3) is 21.7 Å². The van der Waals surface area contributed by atoms with Crippen molar-refractivity contribution in [3.8, 4) is 6.07 Å². The molecule has 0 heterocycles. The van der Waals surface area contributed by atoms with E-state index in [1.165, 1.54) is 36.4 Å². The fourth-order valence-electron chi connectivity index (χ4n) is 1.96. The molecule has 0 aliphatic heterocycles. The summed E-state index contributed by atoms with van der Waals surface area (Å²) in [5.41, 5.74) is -0.413. The summed E-state index contributed by atoms with van der Waals surface area (Å²) < 4.78 is 30.9. The third-order valence-electron chi connectivity index (χ3n) is 3.25. The number of nitro benzene ring substituents is 1. The second-order valence-corrected chi connectivity index (χ2v) is 6.46. The van der Waals surface area contributed by atoms with Crippen molar-refractivity contribution >= 4 is 33.1 Å². The molecule has 0 saturated heterocycles. The fourth-order valence-corrected chi connectivity index (χ4v) is 2.44. The van der Waals surface area contributed by atoms with Crippen LogP contribution in [0.2, 0.25) is 0 Å². The second-order valence-electron chi connectivity index (χ2n) is 5.04. The van der Waals surface area contributed by atoms with Crippen LogP contribution < -0.4 is 10.6 Å². The van der Waals surface area contributed by atoms with Gasteiger partial charge in [-0.25, -0.2) is 0 Å². The molecule has 138 valence electrons. The van der Waals surface area contributed by atoms with Gasteiger partial charge in [0.2, 0.25) is 0 Å². The normalized spacial score (nSPS) is 11.3. The number of benzene rings is 2. The van der Waals surface area contributed by atoms with E-state index in [1.54, 1.807) is 6.07 Å². The number of hydrogen-bond donors (Lipinski definition) is 3. The number of carbonyl (C=O) groups is 1. The molecule has 27 heavy (non-hydrogen) atoms. The average molecular weight is 388 g/mol. The highest BCUT2D eigenvalue weighted by Gasteiger charge is 2.17. The van der Waals surface area contributed by atoms with Gasteiger partial charge < -0.3 is 10.6 Å². The molecular weight excluding hydrogens is 376 g/mol. The van der Waals surface area contributed by atoms with Gasteiger partial charge in [-0.3, -0.25) is 19.5 Å². The van der Waals surface area contributed by atoms with E-state index < -0.39 is 20.9 Å². The minimum Gasteiger partial charge on any atom is -0.360 e. The fraction of sp³-hybridized carbons (Fsp3) is 0. The van der Waals surface area contributed by atoms with E-state index in [4.69, 9.17) is 9.81 Å². The molecule has 0 aliphatic carbocycles. The van der Waals surface area contributed by atoms with Gasteiger partial charge in [-0.05, 0) is 30.3 Å². The molecule has 0 saturated carbocycles. The summed E-state index contributed by atoms with van der Waals surface area (Å²) in [6.07, 6.45) is 1.06. The molecule has 0 atom stereocenters. The second kappa shape index (κ2) is 8.09. The number of nitrogens with one attached hydrogen (secondary N) is 2. The lowest BCUT2D eigenvalue weighted by Crippen LogP contribution is -2.15.